The Labute approximate surface area is 99.6 Å². The third-order valence-electron chi connectivity index (χ3n) is 2.42. The molecule has 0 fully saturated rings. The van der Waals surface area contributed by atoms with Gasteiger partial charge in [-0.25, -0.2) is 9.18 Å². The van der Waals surface area contributed by atoms with Crippen LogP contribution in [0.3, 0.4) is 0 Å². The highest BCUT2D eigenvalue weighted by atomic mass is 19.1. The SMILES string of the molecule is CCCc1c(C(=O)OCC)ccc(F)c1C=O. The monoisotopic (exact) mass is 238 g/mol. The smallest absolute Gasteiger partial charge is 0.338 e. The van der Waals surface area contributed by atoms with Crippen LogP contribution in [0.1, 0.15) is 46.5 Å². The molecule has 0 aliphatic heterocycles. The highest BCUT2D eigenvalue weighted by Crippen LogP contribution is 2.20. The zero-order chi connectivity index (χ0) is 12.8. The van der Waals surface area contributed by atoms with Crippen LogP contribution in [0.15, 0.2) is 12.1 Å². The lowest BCUT2D eigenvalue weighted by Gasteiger charge is -2.11. The van der Waals surface area contributed by atoms with E-state index in [4.69, 9.17) is 4.74 Å². The molecule has 0 bridgehead atoms. The quantitative estimate of drug-likeness (QED) is 0.585. The molecule has 1 aromatic carbocycles. The Morgan fingerprint density at radius 3 is 2.65 bits per heavy atom. The first kappa shape index (κ1) is 13.4. The van der Waals surface area contributed by atoms with Crippen LogP contribution in [0.2, 0.25) is 0 Å². The van der Waals surface area contributed by atoms with Crippen molar-refractivity contribution in [2.75, 3.05) is 6.61 Å². The fourth-order valence-corrected chi connectivity index (χ4v) is 1.68. The molecule has 0 amide bonds. The zero-order valence-corrected chi connectivity index (χ0v) is 9.96. The minimum Gasteiger partial charge on any atom is -0.462 e. The van der Waals surface area contributed by atoms with Gasteiger partial charge in [-0.2, -0.15) is 0 Å². The maximum Gasteiger partial charge on any atom is 0.338 e. The van der Waals surface area contributed by atoms with E-state index < -0.39 is 11.8 Å². The van der Waals surface area contributed by atoms with Crippen LogP contribution >= 0.6 is 0 Å². The number of hydrogen-bond donors (Lipinski definition) is 0. The van der Waals surface area contributed by atoms with Gasteiger partial charge in [0.15, 0.2) is 6.29 Å². The predicted molar refractivity (Wildman–Crippen MR) is 61.7 cm³/mol. The molecule has 17 heavy (non-hydrogen) atoms. The number of carbonyl (C=O) groups is 2. The summed E-state index contributed by atoms with van der Waals surface area (Å²) in [4.78, 5) is 22.5. The second kappa shape index (κ2) is 6.13. The Balaban J connectivity index is 3.29. The Bertz CT molecular complexity index is 427. The Morgan fingerprint density at radius 1 is 1.41 bits per heavy atom. The van der Waals surface area contributed by atoms with Crippen LogP contribution in [0.25, 0.3) is 0 Å². The molecular weight excluding hydrogens is 223 g/mol. The fourth-order valence-electron chi connectivity index (χ4n) is 1.68. The minimum atomic E-state index is -0.600. The van der Waals surface area contributed by atoms with Crippen LogP contribution in [-0.2, 0) is 11.2 Å². The predicted octanol–water partition coefficient (Wildman–Crippen LogP) is 2.77. The summed E-state index contributed by atoms with van der Waals surface area (Å²) in [5.41, 5.74) is 0.663. The van der Waals surface area contributed by atoms with E-state index in [1.54, 1.807) is 6.92 Å². The van der Waals surface area contributed by atoms with Gasteiger partial charge in [-0.3, -0.25) is 4.79 Å². The first-order valence-corrected chi connectivity index (χ1v) is 5.59. The van der Waals surface area contributed by atoms with Gasteiger partial charge < -0.3 is 4.74 Å². The summed E-state index contributed by atoms with van der Waals surface area (Å²) in [5, 5.41) is 0. The molecule has 0 aliphatic rings. The maximum absolute atomic E-state index is 13.4. The minimum absolute atomic E-state index is 0.0441. The van der Waals surface area contributed by atoms with Gasteiger partial charge in [-0.1, -0.05) is 13.3 Å². The summed E-state index contributed by atoms with van der Waals surface area (Å²) in [7, 11) is 0. The fraction of sp³-hybridized carbons (Fsp3) is 0.385. The number of carbonyl (C=O) groups excluding carboxylic acids is 2. The van der Waals surface area contributed by atoms with Crippen molar-refractivity contribution in [2.45, 2.75) is 26.7 Å². The molecule has 1 aromatic rings. The average molecular weight is 238 g/mol. The second-order valence-corrected chi connectivity index (χ2v) is 3.58. The van der Waals surface area contributed by atoms with E-state index in [-0.39, 0.29) is 17.7 Å². The lowest BCUT2D eigenvalue weighted by Crippen LogP contribution is -2.11. The molecule has 0 spiro atoms. The molecule has 4 heteroatoms. The van der Waals surface area contributed by atoms with E-state index in [0.29, 0.717) is 18.3 Å². The highest BCUT2D eigenvalue weighted by Gasteiger charge is 2.18. The normalized spacial score (nSPS) is 10.1. The number of halogens is 1. The van der Waals surface area contributed by atoms with Crippen LogP contribution in [0, 0.1) is 5.82 Å². The van der Waals surface area contributed by atoms with Crippen LogP contribution < -0.4 is 0 Å². The van der Waals surface area contributed by atoms with Crippen LogP contribution in [-0.4, -0.2) is 18.9 Å². The van der Waals surface area contributed by atoms with E-state index in [0.717, 1.165) is 12.5 Å². The van der Waals surface area contributed by atoms with Gasteiger partial charge in [0.05, 0.1) is 17.7 Å². The average Bonchev–Trinajstić information content (AvgIpc) is 2.30. The summed E-state index contributed by atoms with van der Waals surface area (Å²) in [6, 6.07) is 2.49. The molecule has 0 unspecified atom stereocenters. The molecule has 0 N–H and O–H groups in total. The Morgan fingerprint density at radius 2 is 2.12 bits per heavy atom. The molecule has 0 saturated heterocycles. The van der Waals surface area contributed by atoms with Gasteiger partial charge in [0, 0.05) is 0 Å². The summed E-state index contributed by atoms with van der Waals surface area (Å²) in [5.74, 6) is -1.12. The summed E-state index contributed by atoms with van der Waals surface area (Å²) in [6.07, 6.45) is 1.64. The standard InChI is InChI=1S/C13H15FO3/c1-3-5-9-10(13(16)17-4-2)6-7-12(14)11(9)8-15/h6-8H,3-5H2,1-2H3. The van der Waals surface area contributed by atoms with Crippen molar-refractivity contribution in [3.63, 3.8) is 0 Å². The van der Waals surface area contributed by atoms with E-state index >= 15 is 0 Å². The van der Waals surface area contributed by atoms with Crippen molar-refractivity contribution in [3.05, 3.63) is 34.6 Å². The lowest BCUT2D eigenvalue weighted by atomic mass is 9.97. The lowest BCUT2D eigenvalue weighted by molar-refractivity contribution is 0.0525. The van der Waals surface area contributed by atoms with Gasteiger partial charge in [0.25, 0.3) is 0 Å². The third-order valence-corrected chi connectivity index (χ3v) is 2.42. The van der Waals surface area contributed by atoms with Gasteiger partial charge in [-0.05, 0) is 31.0 Å². The maximum atomic E-state index is 13.4. The van der Waals surface area contributed by atoms with Crippen LogP contribution in [0.5, 0.6) is 0 Å². The van der Waals surface area contributed by atoms with E-state index in [1.165, 1.54) is 6.07 Å². The largest absolute Gasteiger partial charge is 0.462 e. The van der Waals surface area contributed by atoms with Crippen molar-refractivity contribution in [1.29, 1.82) is 0 Å². The second-order valence-electron chi connectivity index (χ2n) is 3.58. The number of hydrogen-bond acceptors (Lipinski definition) is 3. The molecule has 0 atom stereocenters. The molecule has 92 valence electrons. The molecule has 0 aliphatic carbocycles. The van der Waals surface area contributed by atoms with Crippen molar-refractivity contribution in [1.82, 2.24) is 0 Å². The van der Waals surface area contributed by atoms with Crippen molar-refractivity contribution >= 4 is 12.3 Å². The van der Waals surface area contributed by atoms with Crippen molar-refractivity contribution < 1.29 is 18.7 Å². The number of esters is 1. The van der Waals surface area contributed by atoms with Gasteiger partial charge >= 0.3 is 5.97 Å². The molecule has 0 aromatic heterocycles. The van der Waals surface area contributed by atoms with E-state index in [9.17, 15) is 14.0 Å². The topological polar surface area (TPSA) is 43.4 Å². The number of ether oxygens (including phenoxy) is 1. The van der Waals surface area contributed by atoms with Gasteiger partial charge in [0.2, 0.25) is 0 Å². The molecular formula is C13H15FO3. The molecule has 3 nitrogen and oxygen atoms in total. The third kappa shape index (κ3) is 2.90. The Hall–Kier alpha value is -1.71. The van der Waals surface area contributed by atoms with Gasteiger partial charge in [0.1, 0.15) is 5.82 Å². The summed E-state index contributed by atoms with van der Waals surface area (Å²) < 4.78 is 18.3. The zero-order valence-electron chi connectivity index (χ0n) is 9.96. The summed E-state index contributed by atoms with van der Waals surface area (Å²) >= 11 is 0. The van der Waals surface area contributed by atoms with Crippen molar-refractivity contribution in [3.8, 4) is 0 Å². The first-order chi connectivity index (χ1) is 8.15. The number of benzene rings is 1. The molecule has 1 rings (SSSR count). The van der Waals surface area contributed by atoms with Crippen LogP contribution in [0.4, 0.5) is 4.39 Å². The Kier molecular flexibility index (Phi) is 4.82. The van der Waals surface area contributed by atoms with E-state index in [1.807, 2.05) is 6.92 Å². The van der Waals surface area contributed by atoms with E-state index in [2.05, 4.69) is 0 Å². The highest BCUT2D eigenvalue weighted by molar-refractivity contribution is 5.94. The van der Waals surface area contributed by atoms with Gasteiger partial charge in [-0.15, -0.1) is 0 Å². The first-order valence-electron chi connectivity index (χ1n) is 5.59. The molecule has 0 radical (unpaired) electrons. The molecule has 0 heterocycles. The number of rotatable bonds is 5. The van der Waals surface area contributed by atoms with Crippen molar-refractivity contribution in [2.24, 2.45) is 0 Å². The summed E-state index contributed by atoms with van der Waals surface area (Å²) in [6.45, 7) is 3.84. The number of aldehydes is 1. The molecule has 0 saturated carbocycles.